The second-order valence-electron chi connectivity index (χ2n) is 9.98. The third kappa shape index (κ3) is 10.9. The summed E-state index contributed by atoms with van der Waals surface area (Å²) in [5.41, 5.74) is 0.549. The molecule has 0 spiro atoms. The Labute approximate surface area is 241 Å². The molecule has 0 radical (unpaired) electrons. The van der Waals surface area contributed by atoms with Crippen molar-refractivity contribution in [2.24, 2.45) is 0 Å². The molecule has 0 aromatic heterocycles. The number of anilines is 1. The number of hydrogen-bond acceptors (Lipinski definition) is 7. The fraction of sp³-hybridized carbons (Fsp3) is 0.290. The first-order valence-corrected chi connectivity index (χ1v) is 14.7. The number of unbranched alkanes of at least 4 members (excludes halogenated alkanes) is 1. The SMILES string of the molecule is C#CCCCOC(=O)NC(Cc1ccc(NC(=O)OC(C)(C)C)cc1)P(=O)(Oc1ccccc1)Oc1ccccc1. The van der Waals surface area contributed by atoms with Gasteiger partial charge in [0.2, 0.25) is 0 Å². The maximum absolute atomic E-state index is 14.5. The molecule has 9 nitrogen and oxygen atoms in total. The van der Waals surface area contributed by atoms with Crippen molar-refractivity contribution in [3.05, 3.63) is 90.5 Å². The standard InChI is InChI=1S/C31H35N2O7P/c1-5-6-13-22-37-29(34)33-28(23-24-18-20-25(21-19-24)32-30(35)38-31(2,3)4)41(36,39-26-14-9-7-10-15-26)40-27-16-11-8-12-17-27/h1,7-12,14-21,28H,6,13,22-23H2,2-4H3,(H,32,35)(H,33,34). The monoisotopic (exact) mass is 578 g/mol. The van der Waals surface area contributed by atoms with Gasteiger partial charge in [0.05, 0.1) is 6.61 Å². The maximum Gasteiger partial charge on any atom is 0.453 e. The topological polar surface area (TPSA) is 112 Å². The largest absolute Gasteiger partial charge is 0.453 e. The zero-order valence-electron chi connectivity index (χ0n) is 23.4. The summed E-state index contributed by atoms with van der Waals surface area (Å²) < 4.78 is 37.0. The molecule has 3 rings (SSSR count). The molecule has 2 N–H and O–H groups in total. The van der Waals surface area contributed by atoms with Crippen LogP contribution >= 0.6 is 7.60 Å². The normalized spacial score (nSPS) is 11.9. The molecule has 0 aliphatic rings. The highest BCUT2D eigenvalue weighted by Gasteiger charge is 2.41. The number of hydrogen-bond donors (Lipinski definition) is 2. The zero-order chi connectivity index (χ0) is 29.7. The Hall–Kier alpha value is -4.41. The third-order valence-corrected chi connectivity index (χ3v) is 7.35. The van der Waals surface area contributed by atoms with E-state index in [9.17, 15) is 14.2 Å². The van der Waals surface area contributed by atoms with Gasteiger partial charge in [-0.25, -0.2) is 14.2 Å². The van der Waals surface area contributed by atoms with Gasteiger partial charge in [0.15, 0.2) is 5.78 Å². The fourth-order valence-electron chi connectivity index (χ4n) is 3.53. The number of carbonyl (C=O) groups excluding carboxylic acids is 2. The molecule has 41 heavy (non-hydrogen) atoms. The quantitative estimate of drug-likeness (QED) is 0.131. The molecule has 0 fully saturated rings. The molecule has 0 heterocycles. The lowest BCUT2D eigenvalue weighted by molar-refractivity contribution is 0.0635. The zero-order valence-corrected chi connectivity index (χ0v) is 24.3. The van der Waals surface area contributed by atoms with E-state index in [4.69, 9.17) is 24.9 Å². The van der Waals surface area contributed by atoms with Crippen molar-refractivity contribution in [1.29, 1.82) is 0 Å². The number of alkyl carbamates (subject to hydrolysis) is 1. The summed E-state index contributed by atoms with van der Waals surface area (Å²) in [4.78, 5) is 24.9. The van der Waals surface area contributed by atoms with Gasteiger partial charge in [-0.1, -0.05) is 48.5 Å². The van der Waals surface area contributed by atoms with Gasteiger partial charge >= 0.3 is 19.8 Å². The van der Waals surface area contributed by atoms with Crippen molar-refractivity contribution >= 4 is 25.5 Å². The predicted octanol–water partition coefficient (Wildman–Crippen LogP) is 7.39. The van der Waals surface area contributed by atoms with Crippen molar-refractivity contribution in [2.75, 3.05) is 11.9 Å². The minimum Gasteiger partial charge on any atom is -0.450 e. The summed E-state index contributed by atoms with van der Waals surface area (Å²) in [6.45, 7) is 5.42. The molecule has 3 aromatic rings. The highest BCUT2D eigenvalue weighted by molar-refractivity contribution is 7.55. The van der Waals surface area contributed by atoms with Crippen LogP contribution in [0.4, 0.5) is 15.3 Å². The lowest BCUT2D eigenvalue weighted by Crippen LogP contribution is -2.39. The lowest BCUT2D eigenvalue weighted by Gasteiger charge is -2.28. The highest BCUT2D eigenvalue weighted by atomic mass is 31.2. The molecule has 0 saturated carbocycles. The lowest BCUT2D eigenvalue weighted by atomic mass is 10.1. The summed E-state index contributed by atoms with van der Waals surface area (Å²) in [6.07, 6.45) is 4.89. The number of para-hydroxylation sites is 2. The van der Waals surface area contributed by atoms with Gasteiger partial charge in [-0.05, 0) is 69.2 Å². The van der Waals surface area contributed by atoms with Crippen LogP contribution in [-0.4, -0.2) is 30.2 Å². The van der Waals surface area contributed by atoms with Crippen molar-refractivity contribution in [2.45, 2.75) is 51.4 Å². The minimum absolute atomic E-state index is 0.0586. The van der Waals surface area contributed by atoms with Crippen LogP contribution in [0, 0.1) is 12.3 Å². The van der Waals surface area contributed by atoms with Crippen molar-refractivity contribution in [1.82, 2.24) is 5.32 Å². The Morgan fingerprint density at radius 1 is 0.878 bits per heavy atom. The first-order valence-electron chi connectivity index (χ1n) is 13.1. The minimum atomic E-state index is -4.13. The van der Waals surface area contributed by atoms with E-state index in [1.54, 1.807) is 106 Å². The number of rotatable bonds is 12. The van der Waals surface area contributed by atoms with Crippen LogP contribution in [-0.2, 0) is 20.5 Å². The molecule has 0 aliphatic carbocycles. The van der Waals surface area contributed by atoms with E-state index >= 15 is 0 Å². The van der Waals surface area contributed by atoms with Gasteiger partial charge in [-0.3, -0.25) is 5.32 Å². The molecule has 1 unspecified atom stereocenters. The van der Waals surface area contributed by atoms with E-state index < -0.39 is 31.2 Å². The van der Waals surface area contributed by atoms with E-state index in [2.05, 4.69) is 16.6 Å². The van der Waals surface area contributed by atoms with Gasteiger partial charge in [0.1, 0.15) is 17.1 Å². The number of nitrogens with one attached hydrogen (secondary N) is 2. The summed E-state index contributed by atoms with van der Waals surface area (Å²) in [5.74, 6) is 1.95. The van der Waals surface area contributed by atoms with E-state index in [0.717, 1.165) is 0 Å². The molecule has 0 bridgehead atoms. The van der Waals surface area contributed by atoms with Crippen molar-refractivity contribution in [3.63, 3.8) is 0 Å². The number of benzene rings is 3. The van der Waals surface area contributed by atoms with E-state index in [-0.39, 0.29) is 13.0 Å². The first-order chi connectivity index (χ1) is 19.6. The Morgan fingerprint density at radius 3 is 1.95 bits per heavy atom. The summed E-state index contributed by atoms with van der Waals surface area (Å²) >= 11 is 0. The van der Waals surface area contributed by atoms with Crippen LogP contribution in [0.15, 0.2) is 84.9 Å². The Kier molecular flexibility index (Phi) is 11.3. The van der Waals surface area contributed by atoms with Gasteiger partial charge < -0.3 is 23.8 Å². The Morgan fingerprint density at radius 2 is 1.44 bits per heavy atom. The number of carbonyl (C=O) groups is 2. The smallest absolute Gasteiger partial charge is 0.450 e. The fourth-order valence-corrected chi connectivity index (χ4v) is 5.35. The molecular weight excluding hydrogens is 543 g/mol. The van der Waals surface area contributed by atoms with Crippen LogP contribution in [0.1, 0.15) is 39.2 Å². The van der Waals surface area contributed by atoms with Gasteiger partial charge in [0.25, 0.3) is 0 Å². The molecule has 1 atom stereocenters. The van der Waals surface area contributed by atoms with Gasteiger partial charge in [0, 0.05) is 18.5 Å². The average Bonchev–Trinajstić information content (AvgIpc) is 2.92. The van der Waals surface area contributed by atoms with Gasteiger partial charge in [-0.2, -0.15) is 0 Å². The summed E-state index contributed by atoms with van der Waals surface area (Å²) in [5, 5.41) is 5.35. The van der Waals surface area contributed by atoms with Crippen LogP contribution in [0.5, 0.6) is 11.5 Å². The second-order valence-corrected chi connectivity index (χ2v) is 12.0. The van der Waals surface area contributed by atoms with Crippen molar-refractivity contribution < 1.29 is 32.7 Å². The molecule has 0 aliphatic heterocycles. The Balaban J connectivity index is 1.87. The van der Waals surface area contributed by atoms with E-state index in [0.29, 0.717) is 35.6 Å². The van der Waals surface area contributed by atoms with E-state index in [1.165, 1.54) is 0 Å². The first kappa shape index (κ1) is 31.1. The van der Waals surface area contributed by atoms with Crippen LogP contribution in [0.3, 0.4) is 0 Å². The third-order valence-electron chi connectivity index (χ3n) is 5.34. The van der Waals surface area contributed by atoms with E-state index in [1.807, 2.05) is 0 Å². The number of terminal acetylenes is 1. The van der Waals surface area contributed by atoms with Gasteiger partial charge in [-0.15, -0.1) is 12.3 Å². The molecule has 216 valence electrons. The maximum atomic E-state index is 14.5. The van der Waals surface area contributed by atoms with Crippen LogP contribution in [0.25, 0.3) is 0 Å². The van der Waals surface area contributed by atoms with Crippen LogP contribution < -0.4 is 19.7 Å². The average molecular weight is 579 g/mol. The number of ether oxygens (including phenoxy) is 2. The highest BCUT2D eigenvalue weighted by Crippen LogP contribution is 2.53. The van der Waals surface area contributed by atoms with Crippen LogP contribution in [0.2, 0.25) is 0 Å². The van der Waals surface area contributed by atoms with Crippen molar-refractivity contribution in [3.8, 4) is 23.8 Å². The Bertz CT molecular complexity index is 1310. The molecule has 10 heteroatoms. The number of amides is 2. The molecule has 0 saturated heterocycles. The molecule has 3 aromatic carbocycles. The molecular formula is C31H35N2O7P. The summed E-state index contributed by atoms with van der Waals surface area (Å²) in [6, 6.07) is 23.9. The molecule has 2 amide bonds. The second kappa shape index (κ2) is 14.8. The summed E-state index contributed by atoms with van der Waals surface area (Å²) in [7, 11) is -4.13. The predicted molar refractivity (Wildman–Crippen MR) is 158 cm³/mol.